The summed E-state index contributed by atoms with van der Waals surface area (Å²) in [5.41, 5.74) is 1.18. The van der Waals surface area contributed by atoms with Crippen LogP contribution in [0.25, 0.3) is 6.08 Å². The minimum Gasteiger partial charge on any atom is -0.316 e. The maximum Gasteiger partial charge on any atom is 0.0406 e. The Morgan fingerprint density at radius 2 is 2.00 bits per heavy atom. The van der Waals surface area contributed by atoms with E-state index in [2.05, 4.69) is 17.5 Å². The Morgan fingerprint density at radius 3 is 2.58 bits per heavy atom. The lowest BCUT2D eigenvalue weighted by Crippen LogP contribution is -2.03. The van der Waals surface area contributed by atoms with E-state index in [4.69, 9.17) is 11.6 Å². The number of rotatable bonds is 3. The Labute approximate surface area is 78.1 Å². The van der Waals surface area contributed by atoms with Crippen LogP contribution in [0.4, 0.5) is 0 Å². The fourth-order valence-corrected chi connectivity index (χ4v) is 1.01. The fourth-order valence-electron chi connectivity index (χ4n) is 0.887. The van der Waals surface area contributed by atoms with Gasteiger partial charge in [0.1, 0.15) is 0 Å². The van der Waals surface area contributed by atoms with Gasteiger partial charge in [-0.05, 0) is 24.7 Å². The van der Waals surface area contributed by atoms with Crippen molar-refractivity contribution in [2.24, 2.45) is 0 Å². The molecule has 0 saturated heterocycles. The molecule has 12 heavy (non-hydrogen) atoms. The lowest BCUT2D eigenvalue weighted by atomic mass is 10.2. The van der Waals surface area contributed by atoms with Crippen molar-refractivity contribution in [1.29, 1.82) is 0 Å². The maximum atomic E-state index is 5.74. The molecule has 1 aromatic carbocycles. The number of hydrogen-bond acceptors (Lipinski definition) is 1. The molecule has 0 fully saturated rings. The topological polar surface area (TPSA) is 12.0 Å². The summed E-state index contributed by atoms with van der Waals surface area (Å²) in [6.07, 6.45) is 4.13. The number of halogens is 1. The lowest BCUT2D eigenvalue weighted by Gasteiger charge is -1.93. The maximum absolute atomic E-state index is 5.74. The van der Waals surface area contributed by atoms with Crippen molar-refractivity contribution in [3.05, 3.63) is 40.9 Å². The van der Waals surface area contributed by atoms with Gasteiger partial charge >= 0.3 is 0 Å². The molecule has 0 unspecified atom stereocenters. The van der Waals surface area contributed by atoms with E-state index in [9.17, 15) is 0 Å². The zero-order valence-electron chi connectivity index (χ0n) is 7.05. The molecule has 1 aromatic rings. The van der Waals surface area contributed by atoms with Crippen LogP contribution in [-0.4, -0.2) is 13.6 Å². The van der Waals surface area contributed by atoms with E-state index >= 15 is 0 Å². The molecule has 0 aliphatic carbocycles. The molecule has 2 heteroatoms. The summed E-state index contributed by atoms with van der Waals surface area (Å²) in [5, 5.41) is 3.81. The zero-order valence-corrected chi connectivity index (χ0v) is 7.81. The molecule has 1 nitrogen and oxygen atoms in total. The standard InChI is InChI=1S/C10H12ClN/c1-12-8-2-3-9-4-6-10(11)7-5-9/h2-7,12H,8H2,1H3/b3-2+. The van der Waals surface area contributed by atoms with Crippen LogP contribution >= 0.6 is 11.6 Å². The molecule has 1 rings (SSSR count). The predicted molar refractivity (Wildman–Crippen MR) is 54.4 cm³/mol. The second-order valence-electron chi connectivity index (χ2n) is 2.51. The van der Waals surface area contributed by atoms with E-state index in [0.29, 0.717) is 0 Å². The summed E-state index contributed by atoms with van der Waals surface area (Å²) in [5.74, 6) is 0. The highest BCUT2D eigenvalue weighted by Gasteiger charge is 1.86. The van der Waals surface area contributed by atoms with Crippen molar-refractivity contribution in [3.63, 3.8) is 0 Å². The fraction of sp³-hybridized carbons (Fsp3) is 0.200. The Morgan fingerprint density at radius 1 is 1.33 bits per heavy atom. The molecular weight excluding hydrogens is 170 g/mol. The monoisotopic (exact) mass is 181 g/mol. The smallest absolute Gasteiger partial charge is 0.0406 e. The Balaban J connectivity index is 2.58. The van der Waals surface area contributed by atoms with Gasteiger partial charge in [0.15, 0.2) is 0 Å². The molecule has 0 amide bonds. The molecular formula is C10H12ClN. The van der Waals surface area contributed by atoms with E-state index in [1.807, 2.05) is 31.3 Å². The summed E-state index contributed by atoms with van der Waals surface area (Å²) in [6.45, 7) is 0.891. The quantitative estimate of drug-likeness (QED) is 0.756. The molecule has 0 heterocycles. The van der Waals surface area contributed by atoms with Gasteiger partial charge in [0.2, 0.25) is 0 Å². The SMILES string of the molecule is CNC/C=C/c1ccc(Cl)cc1. The van der Waals surface area contributed by atoms with Crippen molar-refractivity contribution in [1.82, 2.24) is 5.32 Å². The molecule has 0 spiro atoms. The first-order valence-corrected chi connectivity index (χ1v) is 4.27. The van der Waals surface area contributed by atoms with Crippen molar-refractivity contribution < 1.29 is 0 Å². The first-order chi connectivity index (χ1) is 5.83. The highest BCUT2D eigenvalue weighted by atomic mass is 35.5. The zero-order chi connectivity index (χ0) is 8.81. The van der Waals surface area contributed by atoms with E-state index in [1.54, 1.807) is 0 Å². The van der Waals surface area contributed by atoms with Gasteiger partial charge in [-0.2, -0.15) is 0 Å². The minimum absolute atomic E-state index is 0.778. The van der Waals surface area contributed by atoms with Crippen LogP contribution < -0.4 is 5.32 Å². The first kappa shape index (κ1) is 9.30. The molecule has 0 bridgehead atoms. The van der Waals surface area contributed by atoms with E-state index in [0.717, 1.165) is 11.6 Å². The molecule has 0 aromatic heterocycles. The van der Waals surface area contributed by atoms with Gasteiger partial charge in [-0.3, -0.25) is 0 Å². The van der Waals surface area contributed by atoms with Gasteiger partial charge in [-0.1, -0.05) is 35.9 Å². The highest BCUT2D eigenvalue weighted by Crippen LogP contribution is 2.10. The number of hydrogen-bond donors (Lipinski definition) is 1. The third-order valence-corrected chi connectivity index (χ3v) is 1.75. The van der Waals surface area contributed by atoms with Gasteiger partial charge in [0, 0.05) is 11.6 Å². The second kappa shape index (κ2) is 4.96. The summed E-state index contributed by atoms with van der Waals surface area (Å²) in [4.78, 5) is 0. The predicted octanol–water partition coefficient (Wildman–Crippen LogP) is 2.57. The van der Waals surface area contributed by atoms with Gasteiger partial charge in [-0.15, -0.1) is 0 Å². The largest absolute Gasteiger partial charge is 0.316 e. The van der Waals surface area contributed by atoms with Crippen molar-refractivity contribution in [2.75, 3.05) is 13.6 Å². The van der Waals surface area contributed by atoms with Crippen LogP contribution in [0.15, 0.2) is 30.3 Å². The van der Waals surface area contributed by atoms with Crippen LogP contribution in [0.5, 0.6) is 0 Å². The number of benzene rings is 1. The Bertz CT molecular complexity index is 251. The summed E-state index contributed by atoms with van der Waals surface area (Å²) in [6, 6.07) is 7.77. The summed E-state index contributed by atoms with van der Waals surface area (Å²) in [7, 11) is 1.92. The van der Waals surface area contributed by atoms with Crippen LogP contribution in [-0.2, 0) is 0 Å². The van der Waals surface area contributed by atoms with Crippen LogP contribution in [0.1, 0.15) is 5.56 Å². The van der Waals surface area contributed by atoms with Crippen LogP contribution in [0.3, 0.4) is 0 Å². The third-order valence-electron chi connectivity index (χ3n) is 1.50. The van der Waals surface area contributed by atoms with Gasteiger partial charge < -0.3 is 5.32 Å². The van der Waals surface area contributed by atoms with E-state index < -0.39 is 0 Å². The Hall–Kier alpha value is -0.790. The lowest BCUT2D eigenvalue weighted by molar-refractivity contribution is 0.922. The molecule has 0 saturated carbocycles. The number of likely N-dealkylation sites (N-methyl/N-ethyl adjacent to an activating group) is 1. The molecule has 64 valence electrons. The molecule has 0 aliphatic heterocycles. The van der Waals surface area contributed by atoms with Crippen molar-refractivity contribution in [2.45, 2.75) is 0 Å². The average molecular weight is 182 g/mol. The normalized spacial score (nSPS) is 10.8. The first-order valence-electron chi connectivity index (χ1n) is 3.89. The van der Waals surface area contributed by atoms with Gasteiger partial charge in [0.05, 0.1) is 0 Å². The van der Waals surface area contributed by atoms with E-state index in [1.165, 1.54) is 5.56 Å². The molecule has 1 N–H and O–H groups in total. The van der Waals surface area contributed by atoms with Gasteiger partial charge in [0.25, 0.3) is 0 Å². The van der Waals surface area contributed by atoms with E-state index in [-0.39, 0.29) is 0 Å². The molecule has 0 atom stereocenters. The Kier molecular flexibility index (Phi) is 3.85. The van der Waals surface area contributed by atoms with Crippen LogP contribution in [0.2, 0.25) is 5.02 Å². The minimum atomic E-state index is 0.778. The highest BCUT2D eigenvalue weighted by molar-refractivity contribution is 6.30. The average Bonchev–Trinajstić information content (AvgIpc) is 2.09. The van der Waals surface area contributed by atoms with Crippen molar-refractivity contribution in [3.8, 4) is 0 Å². The number of nitrogens with one attached hydrogen (secondary N) is 1. The third kappa shape index (κ3) is 3.07. The second-order valence-corrected chi connectivity index (χ2v) is 2.95. The summed E-state index contributed by atoms with van der Waals surface area (Å²) < 4.78 is 0. The van der Waals surface area contributed by atoms with Gasteiger partial charge in [-0.25, -0.2) is 0 Å². The summed E-state index contributed by atoms with van der Waals surface area (Å²) >= 11 is 5.74. The molecule has 0 radical (unpaired) electrons. The van der Waals surface area contributed by atoms with Crippen molar-refractivity contribution >= 4 is 17.7 Å². The van der Waals surface area contributed by atoms with Crippen LogP contribution in [0, 0.1) is 0 Å². The molecule has 0 aliphatic rings.